The van der Waals surface area contributed by atoms with E-state index in [-0.39, 0.29) is 5.56 Å². The quantitative estimate of drug-likeness (QED) is 0.698. The molecule has 1 aliphatic rings. The summed E-state index contributed by atoms with van der Waals surface area (Å²) in [6, 6.07) is 11.7. The van der Waals surface area contributed by atoms with Crippen LogP contribution in [-0.2, 0) is 6.54 Å². The van der Waals surface area contributed by atoms with Crippen LogP contribution in [0.15, 0.2) is 41.2 Å². The van der Waals surface area contributed by atoms with Crippen LogP contribution < -0.4 is 11.3 Å². The van der Waals surface area contributed by atoms with Gasteiger partial charge < -0.3 is 5.73 Å². The number of aromatic nitrogens is 2. The first-order chi connectivity index (χ1) is 11.5. The topological polar surface area (TPSA) is 60.9 Å². The van der Waals surface area contributed by atoms with Crippen LogP contribution in [0.25, 0.3) is 22.6 Å². The van der Waals surface area contributed by atoms with Crippen molar-refractivity contribution >= 4 is 28.2 Å². The molecule has 2 aromatic carbocycles. The number of nitrogens with two attached hydrogens (primary N) is 1. The summed E-state index contributed by atoms with van der Waals surface area (Å²) in [5, 5.41) is 0.589. The molecule has 0 fully saturated rings. The molecule has 0 saturated heterocycles. The molecule has 4 nitrogen and oxygen atoms in total. The minimum Gasteiger partial charge on any atom is -0.399 e. The molecule has 0 atom stereocenters. The molecule has 0 aliphatic carbocycles. The van der Waals surface area contributed by atoms with Crippen LogP contribution in [0, 0.1) is 13.8 Å². The first kappa shape index (κ1) is 14.7. The van der Waals surface area contributed by atoms with E-state index in [0.717, 1.165) is 17.8 Å². The molecule has 2 N–H and O–H groups in total. The van der Waals surface area contributed by atoms with E-state index in [4.69, 9.17) is 10.7 Å². The summed E-state index contributed by atoms with van der Waals surface area (Å²) in [5.74, 6) is 0.775. The Kier molecular flexibility index (Phi) is 3.27. The summed E-state index contributed by atoms with van der Waals surface area (Å²) in [5.41, 5.74) is 11.9. The van der Waals surface area contributed by atoms with E-state index in [9.17, 15) is 4.79 Å². The Balaban J connectivity index is 1.90. The van der Waals surface area contributed by atoms with Crippen LogP contribution in [0.2, 0.25) is 0 Å². The molecule has 0 unspecified atom stereocenters. The van der Waals surface area contributed by atoms with Crippen LogP contribution in [-0.4, -0.2) is 9.55 Å². The van der Waals surface area contributed by atoms with Gasteiger partial charge >= 0.3 is 0 Å². The van der Waals surface area contributed by atoms with Gasteiger partial charge in [0.05, 0.1) is 10.9 Å². The normalized spacial score (nSPS) is 15.2. The lowest BCUT2D eigenvalue weighted by atomic mass is 10.0. The van der Waals surface area contributed by atoms with E-state index in [0.29, 0.717) is 23.1 Å². The summed E-state index contributed by atoms with van der Waals surface area (Å²) in [6.07, 6.45) is 2.98. The number of nitrogen functional groups attached to an aromatic ring is 1. The van der Waals surface area contributed by atoms with Crippen LogP contribution in [0.5, 0.6) is 0 Å². The van der Waals surface area contributed by atoms with Gasteiger partial charge in [-0.2, -0.15) is 0 Å². The van der Waals surface area contributed by atoms with Gasteiger partial charge in [0, 0.05) is 12.2 Å². The van der Waals surface area contributed by atoms with Gasteiger partial charge in [-0.05, 0) is 61.2 Å². The van der Waals surface area contributed by atoms with E-state index in [1.54, 1.807) is 16.7 Å². The molecule has 120 valence electrons. The molecule has 0 amide bonds. The van der Waals surface area contributed by atoms with Crippen molar-refractivity contribution in [2.24, 2.45) is 0 Å². The summed E-state index contributed by atoms with van der Waals surface area (Å²) >= 11 is 0. The molecule has 4 heteroatoms. The third-order valence-corrected chi connectivity index (χ3v) is 4.63. The van der Waals surface area contributed by atoms with Gasteiger partial charge in [-0.1, -0.05) is 23.8 Å². The highest BCUT2D eigenvalue weighted by Crippen LogP contribution is 2.28. The zero-order chi connectivity index (χ0) is 16.8. The SMILES string of the molecule is Cc1ccc(C=C2CCn3c2nc2ccc(N)cc2c3=O)c(C)c1. The van der Waals surface area contributed by atoms with E-state index < -0.39 is 0 Å². The van der Waals surface area contributed by atoms with Crippen molar-refractivity contribution < 1.29 is 0 Å². The Bertz CT molecular complexity index is 1060. The molecule has 1 aliphatic heterocycles. The molecule has 3 aromatic rings. The maximum atomic E-state index is 12.7. The summed E-state index contributed by atoms with van der Waals surface area (Å²) in [6.45, 7) is 4.87. The Morgan fingerprint density at radius 3 is 2.79 bits per heavy atom. The standard InChI is InChI=1S/C20H19N3O/c1-12-3-4-14(13(2)9-12)10-15-7-8-23-19(15)22-18-6-5-16(21)11-17(18)20(23)24/h3-6,9-11H,7-8,21H2,1-2H3. The molecule has 0 bridgehead atoms. The van der Waals surface area contributed by atoms with Crippen LogP contribution in [0.4, 0.5) is 5.69 Å². The van der Waals surface area contributed by atoms with Crippen molar-refractivity contribution in [3.63, 3.8) is 0 Å². The van der Waals surface area contributed by atoms with Crippen molar-refractivity contribution in [3.8, 4) is 0 Å². The molecular formula is C20H19N3O. The van der Waals surface area contributed by atoms with Gasteiger partial charge in [-0.3, -0.25) is 9.36 Å². The fraction of sp³-hybridized carbons (Fsp3) is 0.200. The summed E-state index contributed by atoms with van der Waals surface area (Å²) in [7, 11) is 0. The average molecular weight is 317 g/mol. The second-order valence-corrected chi connectivity index (χ2v) is 6.45. The smallest absolute Gasteiger partial charge is 0.261 e. The lowest BCUT2D eigenvalue weighted by Gasteiger charge is -2.07. The van der Waals surface area contributed by atoms with Gasteiger partial charge in [0.2, 0.25) is 0 Å². The van der Waals surface area contributed by atoms with Crippen LogP contribution in [0.3, 0.4) is 0 Å². The Hall–Kier alpha value is -2.88. The Morgan fingerprint density at radius 1 is 1.17 bits per heavy atom. The number of nitrogens with zero attached hydrogens (tertiary/aromatic N) is 2. The third kappa shape index (κ3) is 2.31. The number of anilines is 1. The number of fused-ring (bicyclic) bond motifs is 2. The molecule has 2 heterocycles. The predicted molar refractivity (Wildman–Crippen MR) is 98.8 cm³/mol. The zero-order valence-electron chi connectivity index (χ0n) is 13.8. The second-order valence-electron chi connectivity index (χ2n) is 6.45. The van der Waals surface area contributed by atoms with Crippen molar-refractivity contribution in [1.82, 2.24) is 9.55 Å². The summed E-state index contributed by atoms with van der Waals surface area (Å²) in [4.78, 5) is 17.4. The fourth-order valence-electron chi connectivity index (χ4n) is 3.35. The first-order valence-electron chi connectivity index (χ1n) is 8.11. The minimum atomic E-state index is -0.00803. The second kappa shape index (κ2) is 5.34. The van der Waals surface area contributed by atoms with Crippen LogP contribution >= 0.6 is 0 Å². The number of aryl methyl sites for hydroxylation is 2. The molecule has 0 saturated carbocycles. The van der Waals surface area contributed by atoms with Crippen molar-refractivity contribution in [1.29, 1.82) is 0 Å². The van der Waals surface area contributed by atoms with E-state index in [1.807, 2.05) is 6.07 Å². The van der Waals surface area contributed by atoms with E-state index >= 15 is 0 Å². The zero-order valence-corrected chi connectivity index (χ0v) is 13.8. The van der Waals surface area contributed by atoms with Gasteiger partial charge in [-0.25, -0.2) is 4.98 Å². The fourth-order valence-corrected chi connectivity index (χ4v) is 3.35. The van der Waals surface area contributed by atoms with Crippen LogP contribution in [0.1, 0.15) is 28.9 Å². The number of hydrogen-bond acceptors (Lipinski definition) is 3. The molecule has 1 aromatic heterocycles. The number of hydrogen-bond donors (Lipinski definition) is 1. The molecular weight excluding hydrogens is 298 g/mol. The van der Waals surface area contributed by atoms with Gasteiger partial charge in [0.1, 0.15) is 5.82 Å². The minimum absolute atomic E-state index is 0.00803. The maximum absolute atomic E-state index is 12.7. The number of benzene rings is 2. The Labute approximate surface area is 140 Å². The predicted octanol–water partition coefficient (Wildman–Crippen LogP) is 3.54. The molecule has 0 spiro atoms. The lowest BCUT2D eigenvalue weighted by molar-refractivity contribution is 0.725. The lowest BCUT2D eigenvalue weighted by Crippen LogP contribution is -2.20. The van der Waals surface area contributed by atoms with Gasteiger partial charge in [0.15, 0.2) is 0 Å². The Morgan fingerprint density at radius 2 is 2.00 bits per heavy atom. The maximum Gasteiger partial charge on any atom is 0.261 e. The molecule has 4 rings (SSSR count). The monoisotopic (exact) mass is 317 g/mol. The van der Waals surface area contributed by atoms with E-state index in [2.05, 4.69) is 38.1 Å². The average Bonchev–Trinajstić information content (AvgIpc) is 2.94. The van der Waals surface area contributed by atoms with Gasteiger partial charge in [-0.15, -0.1) is 0 Å². The third-order valence-electron chi connectivity index (χ3n) is 4.63. The first-order valence-corrected chi connectivity index (χ1v) is 8.11. The highest BCUT2D eigenvalue weighted by molar-refractivity contribution is 5.86. The highest BCUT2D eigenvalue weighted by Gasteiger charge is 2.21. The number of rotatable bonds is 1. The van der Waals surface area contributed by atoms with Crippen molar-refractivity contribution in [2.75, 3.05) is 5.73 Å². The largest absolute Gasteiger partial charge is 0.399 e. The summed E-state index contributed by atoms with van der Waals surface area (Å²) < 4.78 is 1.76. The van der Waals surface area contributed by atoms with Crippen molar-refractivity contribution in [2.45, 2.75) is 26.8 Å². The number of allylic oxidation sites excluding steroid dienone is 1. The molecule has 24 heavy (non-hydrogen) atoms. The van der Waals surface area contributed by atoms with Crippen molar-refractivity contribution in [3.05, 3.63) is 69.3 Å². The molecule has 0 radical (unpaired) electrons. The highest BCUT2D eigenvalue weighted by atomic mass is 16.1. The van der Waals surface area contributed by atoms with E-state index in [1.165, 1.54) is 16.7 Å². The van der Waals surface area contributed by atoms with Gasteiger partial charge in [0.25, 0.3) is 5.56 Å².